The molecule has 21 heavy (non-hydrogen) atoms. The maximum Gasteiger partial charge on any atom is 0.127 e. The van der Waals surface area contributed by atoms with Crippen molar-refractivity contribution >= 4 is 6.08 Å². The molecule has 3 rings (SSSR count). The van der Waals surface area contributed by atoms with Crippen LogP contribution in [0.2, 0.25) is 0 Å². The van der Waals surface area contributed by atoms with E-state index in [1.54, 1.807) is 0 Å². The van der Waals surface area contributed by atoms with Crippen LogP contribution in [-0.4, -0.2) is 67.4 Å². The van der Waals surface area contributed by atoms with Gasteiger partial charge < -0.3 is 19.6 Å². The van der Waals surface area contributed by atoms with Crippen molar-refractivity contribution in [2.75, 3.05) is 46.4 Å². The number of aliphatic hydroxyl groups excluding tert-OH is 1. The summed E-state index contributed by atoms with van der Waals surface area (Å²) >= 11 is 0. The van der Waals surface area contributed by atoms with Gasteiger partial charge >= 0.3 is 0 Å². The van der Waals surface area contributed by atoms with Crippen LogP contribution in [0.15, 0.2) is 29.8 Å². The lowest BCUT2D eigenvalue weighted by atomic mass is 10.0. The van der Waals surface area contributed by atoms with Gasteiger partial charge in [-0.2, -0.15) is 0 Å². The van der Waals surface area contributed by atoms with Crippen molar-refractivity contribution in [2.45, 2.75) is 12.5 Å². The summed E-state index contributed by atoms with van der Waals surface area (Å²) in [5, 5.41) is 10.4. The van der Waals surface area contributed by atoms with Gasteiger partial charge in [-0.1, -0.05) is 18.2 Å². The summed E-state index contributed by atoms with van der Waals surface area (Å²) in [4.78, 5) is 4.78. The zero-order valence-electron chi connectivity index (χ0n) is 12.7. The molecule has 0 amide bonds. The Morgan fingerprint density at radius 2 is 1.95 bits per heavy atom. The van der Waals surface area contributed by atoms with E-state index < -0.39 is 6.10 Å². The predicted octanol–water partition coefficient (Wildman–Crippen LogP) is 1.46. The number of para-hydroxylation sites is 1. The number of piperazine rings is 1. The summed E-state index contributed by atoms with van der Waals surface area (Å²) in [6.07, 6.45) is 2.45. The van der Waals surface area contributed by atoms with Gasteiger partial charge in [0.2, 0.25) is 0 Å². The molecule has 4 nitrogen and oxygen atoms in total. The first-order valence-corrected chi connectivity index (χ1v) is 7.73. The van der Waals surface area contributed by atoms with Crippen LogP contribution >= 0.6 is 0 Å². The smallest absolute Gasteiger partial charge is 0.127 e. The summed E-state index contributed by atoms with van der Waals surface area (Å²) in [6.45, 7) is 5.89. The molecular weight excluding hydrogens is 264 g/mol. The van der Waals surface area contributed by atoms with E-state index in [-0.39, 0.29) is 0 Å². The lowest BCUT2D eigenvalue weighted by Crippen LogP contribution is -2.45. The third kappa shape index (κ3) is 3.64. The van der Waals surface area contributed by atoms with E-state index in [4.69, 9.17) is 4.74 Å². The van der Waals surface area contributed by atoms with Gasteiger partial charge in [-0.15, -0.1) is 0 Å². The second-order valence-electron chi connectivity index (χ2n) is 6.00. The summed E-state index contributed by atoms with van der Waals surface area (Å²) in [6, 6.07) is 7.97. The summed E-state index contributed by atoms with van der Waals surface area (Å²) in [5.41, 5.74) is 2.06. The average molecular weight is 288 g/mol. The first-order chi connectivity index (χ1) is 10.2. The van der Waals surface area contributed by atoms with Gasteiger partial charge in [-0.3, -0.25) is 0 Å². The molecule has 2 heterocycles. The Balaban J connectivity index is 1.54. The number of hydrogen-bond donors (Lipinski definition) is 1. The highest BCUT2D eigenvalue weighted by molar-refractivity contribution is 5.62. The highest BCUT2D eigenvalue weighted by atomic mass is 16.5. The summed E-state index contributed by atoms with van der Waals surface area (Å²) < 4.78 is 5.71. The lowest BCUT2D eigenvalue weighted by molar-refractivity contribution is 0.122. The first-order valence-electron chi connectivity index (χ1n) is 7.73. The van der Waals surface area contributed by atoms with E-state index in [1.165, 1.54) is 0 Å². The van der Waals surface area contributed by atoms with Crippen molar-refractivity contribution in [3.63, 3.8) is 0 Å². The fourth-order valence-corrected chi connectivity index (χ4v) is 2.89. The molecule has 1 unspecified atom stereocenters. The fourth-order valence-electron chi connectivity index (χ4n) is 2.89. The molecule has 0 aliphatic carbocycles. The number of aliphatic hydroxyl groups is 1. The normalized spacial score (nSPS) is 21.3. The Morgan fingerprint density at radius 3 is 2.76 bits per heavy atom. The van der Waals surface area contributed by atoms with Crippen LogP contribution in [0.4, 0.5) is 0 Å². The molecule has 1 atom stereocenters. The molecule has 0 saturated carbocycles. The van der Waals surface area contributed by atoms with Crippen LogP contribution in [0.3, 0.4) is 0 Å². The van der Waals surface area contributed by atoms with E-state index in [2.05, 4.69) is 22.9 Å². The molecule has 0 aromatic heterocycles. The number of nitrogens with zero attached hydrogens (tertiary/aromatic N) is 2. The largest absolute Gasteiger partial charge is 0.489 e. The summed E-state index contributed by atoms with van der Waals surface area (Å²) in [7, 11) is 2.16. The molecular formula is C17H24N2O2. The van der Waals surface area contributed by atoms with Crippen molar-refractivity contribution in [2.24, 2.45) is 0 Å². The van der Waals surface area contributed by atoms with Gasteiger partial charge in [0.1, 0.15) is 12.4 Å². The van der Waals surface area contributed by atoms with E-state index in [1.807, 2.05) is 24.3 Å². The van der Waals surface area contributed by atoms with Crippen LogP contribution in [-0.2, 0) is 0 Å². The number of fused-ring (bicyclic) bond motifs is 1. The van der Waals surface area contributed by atoms with E-state index in [0.717, 1.165) is 56.0 Å². The molecule has 0 bridgehead atoms. The second-order valence-corrected chi connectivity index (χ2v) is 6.00. The molecule has 2 aliphatic rings. The molecule has 0 radical (unpaired) electrons. The average Bonchev–Trinajstić information content (AvgIpc) is 2.53. The van der Waals surface area contributed by atoms with Crippen LogP contribution in [0.1, 0.15) is 12.0 Å². The number of likely N-dealkylation sites (N-methyl/N-ethyl adjacent to an activating group) is 1. The van der Waals surface area contributed by atoms with Gasteiger partial charge in [0, 0.05) is 38.3 Å². The van der Waals surface area contributed by atoms with E-state index in [0.29, 0.717) is 6.61 Å². The molecule has 1 aromatic rings. The molecule has 1 saturated heterocycles. The number of ether oxygens (including phenoxy) is 1. The zero-order valence-corrected chi connectivity index (χ0v) is 12.7. The monoisotopic (exact) mass is 288 g/mol. The quantitative estimate of drug-likeness (QED) is 0.910. The predicted molar refractivity (Wildman–Crippen MR) is 84.5 cm³/mol. The Hall–Kier alpha value is -1.36. The number of rotatable bonds is 4. The SMILES string of the molecule is CN1CCN(CCC(O)C2=Cc3ccccc3OC2)CC1. The highest BCUT2D eigenvalue weighted by Gasteiger charge is 2.19. The molecule has 0 spiro atoms. The fraction of sp³-hybridized carbons (Fsp3) is 0.529. The highest BCUT2D eigenvalue weighted by Crippen LogP contribution is 2.27. The van der Waals surface area contributed by atoms with Gasteiger partial charge in [0.05, 0.1) is 6.10 Å². The maximum absolute atomic E-state index is 10.4. The summed E-state index contributed by atoms with van der Waals surface area (Å²) in [5.74, 6) is 0.910. The second kappa shape index (κ2) is 6.60. The van der Waals surface area contributed by atoms with Crippen molar-refractivity contribution in [1.82, 2.24) is 9.80 Å². The van der Waals surface area contributed by atoms with Crippen LogP contribution in [0, 0.1) is 0 Å². The molecule has 1 fully saturated rings. The van der Waals surface area contributed by atoms with E-state index >= 15 is 0 Å². The van der Waals surface area contributed by atoms with Gasteiger partial charge in [0.25, 0.3) is 0 Å². The topological polar surface area (TPSA) is 35.9 Å². The Bertz CT molecular complexity index is 507. The van der Waals surface area contributed by atoms with Crippen molar-refractivity contribution < 1.29 is 9.84 Å². The third-order valence-electron chi connectivity index (χ3n) is 4.40. The van der Waals surface area contributed by atoms with Gasteiger partial charge in [-0.05, 0) is 31.2 Å². The number of hydrogen-bond acceptors (Lipinski definition) is 4. The van der Waals surface area contributed by atoms with Crippen LogP contribution in [0.5, 0.6) is 5.75 Å². The molecule has 114 valence electrons. The molecule has 2 aliphatic heterocycles. The molecule has 4 heteroatoms. The molecule has 1 aromatic carbocycles. The Morgan fingerprint density at radius 1 is 1.19 bits per heavy atom. The standard InChI is InChI=1S/C17H24N2O2/c1-18-8-10-19(11-9-18)7-6-16(20)15-12-14-4-2-3-5-17(14)21-13-15/h2-5,12,16,20H,6-11,13H2,1H3. The minimum Gasteiger partial charge on any atom is -0.489 e. The van der Waals surface area contributed by atoms with Crippen molar-refractivity contribution in [3.8, 4) is 5.75 Å². The Kier molecular flexibility index (Phi) is 4.58. The minimum absolute atomic E-state index is 0.405. The van der Waals surface area contributed by atoms with Gasteiger partial charge in [-0.25, -0.2) is 0 Å². The van der Waals surface area contributed by atoms with E-state index in [9.17, 15) is 5.11 Å². The number of benzene rings is 1. The minimum atomic E-state index is -0.405. The lowest BCUT2D eigenvalue weighted by Gasteiger charge is -2.33. The van der Waals surface area contributed by atoms with Crippen LogP contribution < -0.4 is 4.74 Å². The molecule has 1 N–H and O–H groups in total. The zero-order chi connectivity index (χ0) is 14.7. The van der Waals surface area contributed by atoms with Crippen molar-refractivity contribution in [3.05, 3.63) is 35.4 Å². The Labute approximate surface area is 126 Å². The first kappa shape index (κ1) is 14.6. The maximum atomic E-state index is 10.4. The van der Waals surface area contributed by atoms with Crippen LogP contribution in [0.25, 0.3) is 6.08 Å². The third-order valence-corrected chi connectivity index (χ3v) is 4.40. The van der Waals surface area contributed by atoms with Crippen molar-refractivity contribution in [1.29, 1.82) is 0 Å². The van der Waals surface area contributed by atoms with Gasteiger partial charge in [0.15, 0.2) is 0 Å².